The Morgan fingerprint density at radius 1 is 1.47 bits per heavy atom. The average Bonchev–Trinajstić information content (AvgIpc) is 2.20. The summed E-state index contributed by atoms with van der Waals surface area (Å²) < 4.78 is 9.68. The Kier molecular flexibility index (Phi) is 7.95. The fourth-order valence-corrected chi connectivity index (χ4v) is 1.00. The van der Waals surface area contributed by atoms with Crippen LogP contribution in [0.5, 0.6) is 0 Å². The molecule has 0 aliphatic rings. The second-order valence-corrected chi connectivity index (χ2v) is 3.52. The summed E-state index contributed by atoms with van der Waals surface area (Å²) in [6.07, 6.45) is 1.79. The van der Waals surface area contributed by atoms with Gasteiger partial charge in [-0.1, -0.05) is 6.58 Å². The van der Waals surface area contributed by atoms with Crippen molar-refractivity contribution in [2.24, 2.45) is 0 Å². The van der Waals surface area contributed by atoms with Crippen LogP contribution in [0, 0.1) is 0 Å². The Hall–Kier alpha value is -0.870. The van der Waals surface area contributed by atoms with Gasteiger partial charge in [0, 0.05) is 19.3 Å². The van der Waals surface area contributed by atoms with Gasteiger partial charge in [-0.25, -0.2) is 4.79 Å². The second-order valence-electron chi connectivity index (χ2n) is 3.52. The number of aliphatic hydroxyl groups excluding tert-OH is 1. The number of hydrogen-bond donors (Lipinski definition) is 1. The number of carbonyl (C=O) groups excluding carboxylic acids is 1. The summed E-state index contributed by atoms with van der Waals surface area (Å²) in [5, 5.41) is 9.43. The maximum absolute atomic E-state index is 11.0. The Bertz CT molecular complexity index is 201. The molecule has 0 aromatic heterocycles. The van der Waals surface area contributed by atoms with Crippen molar-refractivity contribution in [3.05, 3.63) is 12.2 Å². The third-order valence-electron chi connectivity index (χ3n) is 1.89. The Morgan fingerprint density at radius 3 is 2.67 bits per heavy atom. The number of esters is 1. The van der Waals surface area contributed by atoms with Crippen molar-refractivity contribution < 1.29 is 19.4 Å². The smallest absolute Gasteiger partial charge is 0.333 e. The summed E-state index contributed by atoms with van der Waals surface area (Å²) in [5.41, 5.74) is 0.349. The zero-order valence-corrected chi connectivity index (χ0v) is 9.49. The first-order valence-corrected chi connectivity index (χ1v) is 5.07. The van der Waals surface area contributed by atoms with Crippen molar-refractivity contribution in [2.45, 2.75) is 32.3 Å². The van der Waals surface area contributed by atoms with Gasteiger partial charge in [-0.15, -0.1) is 0 Å². The van der Waals surface area contributed by atoms with E-state index in [9.17, 15) is 9.90 Å². The molecule has 0 aliphatic heterocycles. The fraction of sp³-hybridized carbons (Fsp3) is 0.727. The molecule has 4 nitrogen and oxygen atoms in total. The van der Waals surface area contributed by atoms with Crippen LogP contribution in [0.1, 0.15) is 26.2 Å². The topological polar surface area (TPSA) is 55.8 Å². The van der Waals surface area contributed by atoms with Crippen molar-refractivity contribution in [1.82, 2.24) is 0 Å². The molecule has 0 heterocycles. The third kappa shape index (κ3) is 8.15. The van der Waals surface area contributed by atoms with Crippen LogP contribution >= 0.6 is 0 Å². The first kappa shape index (κ1) is 14.1. The lowest BCUT2D eigenvalue weighted by atomic mass is 10.2. The molecule has 88 valence electrons. The summed E-state index contributed by atoms with van der Waals surface area (Å²) in [6.45, 7) is 5.76. The van der Waals surface area contributed by atoms with E-state index >= 15 is 0 Å². The molecule has 0 saturated heterocycles. The van der Waals surface area contributed by atoms with Crippen LogP contribution < -0.4 is 0 Å². The minimum Gasteiger partial charge on any atom is -0.460 e. The maximum atomic E-state index is 11.0. The molecule has 0 aliphatic carbocycles. The number of methoxy groups -OCH3 is 1. The molecule has 0 fully saturated rings. The molecular formula is C11H20O4. The summed E-state index contributed by atoms with van der Waals surface area (Å²) in [7, 11) is 1.64. The van der Waals surface area contributed by atoms with Crippen molar-refractivity contribution in [3.63, 3.8) is 0 Å². The van der Waals surface area contributed by atoms with E-state index < -0.39 is 12.1 Å². The van der Waals surface area contributed by atoms with Gasteiger partial charge in [-0.2, -0.15) is 0 Å². The molecule has 4 heteroatoms. The predicted octanol–water partition coefficient (Wildman–Crippen LogP) is 1.28. The van der Waals surface area contributed by atoms with Crippen molar-refractivity contribution in [3.8, 4) is 0 Å². The van der Waals surface area contributed by atoms with Crippen LogP contribution in [0.4, 0.5) is 0 Å². The highest BCUT2D eigenvalue weighted by Crippen LogP contribution is 2.03. The van der Waals surface area contributed by atoms with E-state index in [1.54, 1.807) is 14.0 Å². The van der Waals surface area contributed by atoms with Crippen LogP contribution in [0.3, 0.4) is 0 Å². The molecule has 0 aromatic carbocycles. The van der Waals surface area contributed by atoms with E-state index in [4.69, 9.17) is 9.47 Å². The molecule has 15 heavy (non-hydrogen) atoms. The summed E-state index contributed by atoms with van der Waals surface area (Å²) in [6, 6.07) is 0. The number of unbranched alkanes of at least 4 members (excludes halogenated alkanes) is 1. The fourth-order valence-electron chi connectivity index (χ4n) is 1.00. The zero-order valence-electron chi connectivity index (χ0n) is 9.49. The lowest BCUT2D eigenvalue weighted by molar-refractivity contribution is -0.142. The van der Waals surface area contributed by atoms with Gasteiger partial charge in [0.15, 0.2) is 0 Å². The molecule has 0 aromatic rings. The molecule has 1 unspecified atom stereocenters. The molecule has 0 bridgehead atoms. The highest BCUT2D eigenvalue weighted by Gasteiger charge is 2.08. The van der Waals surface area contributed by atoms with Gasteiger partial charge in [0.25, 0.3) is 0 Å². The van der Waals surface area contributed by atoms with Crippen LogP contribution in [0.2, 0.25) is 0 Å². The Labute approximate surface area is 90.9 Å². The van der Waals surface area contributed by atoms with Crippen LogP contribution in [0.25, 0.3) is 0 Å². The van der Waals surface area contributed by atoms with Gasteiger partial charge in [0.05, 0.1) is 6.10 Å². The Balaban J connectivity index is 3.44. The molecule has 0 radical (unpaired) electrons. The lowest BCUT2D eigenvalue weighted by Crippen LogP contribution is -2.18. The SMILES string of the molecule is C=C(C)C(=O)OCC(O)CCCCOC. The van der Waals surface area contributed by atoms with Gasteiger partial charge in [0.1, 0.15) is 6.61 Å². The van der Waals surface area contributed by atoms with Crippen molar-refractivity contribution in [2.75, 3.05) is 20.3 Å². The molecule has 0 amide bonds. The number of rotatable bonds is 8. The van der Waals surface area contributed by atoms with E-state index in [1.807, 2.05) is 0 Å². The highest BCUT2D eigenvalue weighted by molar-refractivity contribution is 5.86. The molecule has 0 saturated carbocycles. The van der Waals surface area contributed by atoms with Crippen molar-refractivity contribution >= 4 is 5.97 Å². The number of carbonyl (C=O) groups is 1. The van der Waals surface area contributed by atoms with Crippen LogP contribution in [0.15, 0.2) is 12.2 Å². The van der Waals surface area contributed by atoms with Crippen molar-refractivity contribution in [1.29, 1.82) is 0 Å². The average molecular weight is 216 g/mol. The highest BCUT2D eigenvalue weighted by atomic mass is 16.5. The number of ether oxygens (including phenoxy) is 2. The first-order chi connectivity index (χ1) is 7.07. The summed E-state index contributed by atoms with van der Waals surface area (Å²) in [5.74, 6) is -0.453. The number of aliphatic hydroxyl groups is 1. The molecular weight excluding hydrogens is 196 g/mol. The maximum Gasteiger partial charge on any atom is 0.333 e. The Morgan fingerprint density at radius 2 is 2.13 bits per heavy atom. The number of hydrogen-bond acceptors (Lipinski definition) is 4. The van der Waals surface area contributed by atoms with Crippen LogP contribution in [-0.4, -0.2) is 37.5 Å². The quantitative estimate of drug-likeness (QED) is 0.377. The van der Waals surface area contributed by atoms with Gasteiger partial charge in [0.2, 0.25) is 0 Å². The van der Waals surface area contributed by atoms with E-state index in [0.717, 1.165) is 12.8 Å². The largest absolute Gasteiger partial charge is 0.460 e. The minimum absolute atomic E-state index is 0.0404. The third-order valence-corrected chi connectivity index (χ3v) is 1.89. The zero-order chi connectivity index (χ0) is 11.7. The predicted molar refractivity (Wildman–Crippen MR) is 57.5 cm³/mol. The normalized spacial score (nSPS) is 12.2. The van der Waals surface area contributed by atoms with E-state index in [-0.39, 0.29) is 6.61 Å². The van der Waals surface area contributed by atoms with E-state index in [1.165, 1.54) is 0 Å². The van der Waals surface area contributed by atoms with Gasteiger partial charge in [-0.3, -0.25) is 0 Å². The minimum atomic E-state index is -0.592. The monoisotopic (exact) mass is 216 g/mol. The standard InChI is InChI=1S/C11H20O4/c1-9(2)11(13)15-8-10(12)6-4-5-7-14-3/h10,12H,1,4-8H2,2-3H3. The molecule has 1 atom stereocenters. The summed E-state index contributed by atoms with van der Waals surface area (Å²) >= 11 is 0. The molecule has 1 N–H and O–H groups in total. The molecule has 0 rings (SSSR count). The second kappa shape index (κ2) is 8.44. The lowest BCUT2D eigenvalue weighted by Gasteiger charge is -2.10. The summed E-state index contributed by atoms with van der Waals surface area (Å²) in [4.78, 5) is 11.0. The van der Waals surface area contributed by atoms with Gasteiger partial charge in [-0.05, 0) is 26.2 Å². The van der Waals surface area contributed by atoms with Crippen LogP contribution in [-0.2, 0) is 14.3 Å². The van der Waals surface area contributed by atoms with E-state index in [0.29, 0.717) is 18.6 Å². The van der Waals surface area contributed by atoms with Gasteiger partial charge < -0.3 is 14.6 Å². The first-order valence-electron chi connectivity index (χ1n) is 5.07. The van der Waals surface area contributed by atoms with E-state index in [2.05, 4.69) is 6.58 Å². The molecule has 0 spiro atoms. The van der Waals surface area contributed by atoms with Gasteiger partial charge >= 0.3 is 5.97 Å².